The van der Waals surface area contributed by atoms with Crippen LogP contribution >= 0.6 is 0 Å². The van der Waals surface area contributed by atoms with E-state index in [1.54, 1.807) is 6.20 Å². The Hall–Kier alpha value is -2.47. The molecule has 6 nitrogen and oxygen atoms in total. The maximum absolute atomic E-state index is 12.0. The van der Waals surface area contributed by atoms with Gasteiger partial charge in [-0.1, -0.05) is 30.3 Å². The molecule has 126 valence electrons. The summed E-state index contributed by atoms with van der Waals surface area (Å²) in [4.78, 5) is 22.9. The number of hydrogen-bond donors (Lipinski definition) is 1. The van der Waals surface area contributed by atoms with Crippen molar-refractivity contribution in [1.82, 2.24) is 15.3 Å². The molecule has 2 heterocycles. The maximum Gasteiger partial charge on any atom is 0.220 e. The third-order valence-corrected chi connectivity index (χ3v) is 3.95. The minimum absolute atomic E-state index is 0.0132. The summed E-state index contributed by atoms with van der Waals surface area (Å²) in [5.41, 5.74) is 1.17. The van der Waals surface area contributed by atoms with Crippen molar-refractivity contribution < 1.29 is 9.53 Å². The third-order valence-electron chi connectivity index (χ3n) is 3.95. The molecule has 0 saturated carbocycles. The SMILES string of the molecule is O=C(CCc1ccccc1)NCc1nccc(N2CCOCC2)n1. The van der Waals surface area contributed by atoms with E-state index in [2.05, 4.69) is 20.2 Å². The first-order chi connectivity index (χ1) is 11.8. The minimum Gasteiger partial charge on any atom is -0.378 e. The number of aryl methyl sites for hydroxylation is 1. The van der Waals surface area contributed by atoms with E-state index in [9.17, 15) is 4.79 Å². The molecule has 0 atom stereocenters. The van der Waals surface area contributed by atoms with E-state index in [4.69, 9.17) is 4.74 Å². The molecule has 1 saturated heterocycles. The number of nitrogens with zero attached hydrogens (tertiary/aromatic N) is 3. The summed E-state index contributed by atoms with van der Waals surface area (Å²) in [5.74, 6) is 1.54. The van der Waals surface area contributed by atoms with Crippen molar-refractivity contribution in [2.24, 2.45) is 0 Å². The third kappa shape index (κ3) is 4.76. The van der Waals surface area contributed by atoms with Crippen molar-refractivity contribution >= 4 is 11.7 Å². The summed E-state index contributed by atoms with van der Waals surface area (Å²) in [5, 5.41) is 2.89. The Kier molecular flexibility index (Phi) is 5.74. The van der Waals surface area contributed by atoms with Gasteiger partial charge < -0.3 is 15.0 Å². The first-order valence-electron chi connectivity index (χ1n) is 8.26. The molecule has 1 fully saturated rings. The van der Waals surface area contributed by atoms with Crippen molar-refractivity contribution in [1.29, 1.82) is 0 Å². The largest absolute Gasteiger partial charge is 0.378 e. The number of nitrogens with one attached hydrogen (secondary N) is 1. The van der Waals surface area contributed by atoms with E-state index in [-0.39, 0.29) is 5.91 Å². The monoisotopic (exact) mass is 326 g/mol. The highest BCUT2D eigenvalue weighted by atomic mass is 16.5. The van der Waals surface area contributed by atoms with Gasteiger partial charge >= 0.3 is 0 Å². The Labute approximate surface area is 141 Å². The van der Waals surface area contributed by atoms with Crippen LogP contribution < -0.4 is 10.2 Å². The Bertz CT molecular complexity index is 657. The van der Waals surface area contributed by atoms with Gasteiger partial charge in [0.25, 0.3) is 0 Å². The minimum atomic E-state index is 0.0132. The molecule has 1 aliphatic rings. The van der Waals surface area contributed by atoms with Gasteiger partial charge in [-0.3, -0.25) is 4.79 Å². The molecular weight excluding hydrogens is 304 g/mol. The topological polar surface area (TPSA) is 67.4 Å². The lowest BCUT2D eigenvalue weighted by Crippen LogP contribution is -2.37. The fourth-order valence-corrected chi connectivity index (χ4v) is 2.61. The predicted octanol–water partition coefficient (Wildman–Crippen LogP) is 1.56. The average Bonchev–Trinajstić information content (AvgIpc) is 2.66. The summed E-state index contributed by atoms with van der Waals surface area (Å²) in [6.45, 7) is 3.46. The van der Waals surface area contributed by atoms with Crippen LogP contribution in [0.2, 0.25) is 0 Å². The molecule has 6 heteroatoms. The van der Waals surface area contributed by atoms with Gasteiger partial charge in [0.2, 0.25) is 5.91 Å². The van der Waals surface area contributed by atoms with Gasteiger partial charge in [0.05, 0.1) is 19.8 Å². The molecule has 1 N–H and O–H groups in total. The second-order valence-electron chi connectivity index (χ2n) is 5.69. The Morgan fingerprint density at radius 2 is 1.96 bits per heavy atom. The molecule has 2 aromatic rings. The molecule has 0 aliphatic carbocycles. The van der Waals surface area contributed by atoms with Crippen LogP contribution in [-0.2, 0) is 22.5 Å². The summed E-state index contributed by atoms with van der Waals surface area (Å²) >= 11 is 0. The zero-order valence-electron chi connectivity index (χ0n) is 13.6. The molecular formula is C18H22N4O2. The number of anilines is 1. The van der Waals surface area contributed by atoms with E-state index < -0.39 is 0 Å². The van der Waals surface area contributed by atoms with E-state index in [0.717, 1.165) is 38.5 Å². The highest BCUT2D eigenvalue weighted by Gasteiger charge is 2.13. The summed E-state index contributed by atoms with van der Waals surface area (Å²) in [7, 11) is 0. The highest BCUT2D eigenvalue weighted by Crippen LogP contribution is 2.11. The lowest BCUT2D eigenvalue weighted by atomic mass is 10.1. The number of carbonyl (C=O) groups excluding carboxylic acids is 1. The van der Waals surface area contributed by atoms with E-state index in [0.29, 0.717) is 18.8 Å². The van der Waals surface area contributed by atoms with Crippen LogP contribution in [-0.4, -0.2) is 42.2 Å². The van der Waals surface area contributed by atoms with Gasteiger partial charge in [0, 0.05) is 25.7 Å². The lowest BCUT2D eigenvalue weighted by Gasteiger charge is -2.27. The van der Waals surface area contributed by atoms with Crippen LogP contribution in [0.5, 0.6) is 0 Å². The van der Waals surface area contributed by atoms with Gasteiger partial charge in [-0.05, 0) is 18.1 Å². The van der Waals surface area contributed by atoms with Crippen LogP contribution in [0.25, 0.3) is 0 Å². The van der Waals surface area contributed by atoms with E-state index >= 15 is 0 Å². The number of ether oxygens (including phenoxy) is 1. The van der Waals surface area contributed by atoms with Gasteiger partial charge in [0.15, 0.2) is 0 Å². The summed E-state index contributed by atoms with van der Waals surface area (Å²) < 4.78 is 5.35. The standard InChI is InChI=1S/C18H22N4O2/c23-18(7-6-15-4-2-1-3-5-15)20-14-16-19-9-8-17(21-16)22-10-12-24-13-11-22/h1-5,8-9H,6-7,10-14H2,(H,20,23). The molecule has 0 radical (unpaired) electrons. The fourth-order valence-electron chi connectivity index (χ4n) is 2.61. The van der Waals surface area contributed by atoms with Crippen molar-refractivity contribution in [2.75, 3.05) is 31.2 Å². The number of morpholine rings is 1. The lowest BCUT2D eigenvalue weighted by molar-refractivity contribution is -0.121. The number of amides is 1. The molecule has 24 heavy (non-hydrogen) atoms. The first-order valence-corrected chi connectivity index (χ1v) is 8.26. The van der Waals surface area contributed by atoms with Gasteiger partial charge in [0.1, 0.15) is 11.6 Å². The molecule has 3 rings (SSSR count). The summed E-state index contributed by atoms with van der Waals surface area (Å²) in [6.07, 6.45) is 2.94. The Morgan fingerprint density at radius 3 is 2.75 bits per heavy atom. The van der Waals surface area contributed by atoms with Crippen molar-refractivity contribution in [3.05, 3.63) is 54.0 Å². The molecule has 0 bridgehead atoms. The summed E-state index contributed by atoms with van der Waals surface area (Å²) in [6, 6.07) is 11.9. The Balaban J connectivity index is 1.48. The molecule has 1 amide bonds. The number of rotatable bonds is 6. The van der Waals surface area contributed by atoms with Gasteiger partial charge in [-0.15, -0.1) is 0 Å². The van der Waals surface area contributed by atoms with Crippen LogP contribution in [0, 0.1) is 0 Å². The van der Waals surface area contributed by atoms with Crippen molar-refractivity contribution in [3.8, 4) is 0 Å². The molecule has 1 aliphatic heterocycles. The maximum atomic E-state index is 12.0. The average molecular weight is 326 g/mol. The molecule has 1 aromatic heterocycles. The van der Waals surface area contributed by atoms with Crippen LogP contribution in [0.15, 0.2) is 42.6 Å². The molecule has 0 unspecified atom stereocenters. The molecule has 1 aromatic carbocycles. The number of aromatic nitrogens is 2. The first kappa shape index (κ1) is 16.4. The second-order valence-corrected chi connectivity index (χ2v) is 5.69. The highest BCUT2D eigenvalue weighted by molar-refractivity contribution is 5.76. The Morgan fingerprint density at radius 1 is 1.17 bits per heavy atom. The number of carbonyl (C=O) groups is 1. The normalized spacial score (nSPS) is 14.4. The quantitative estimate of drug-likeness (QED) is 0.872. The van der Waals surface area contributed by atoms with Crippen LogP contribution in [0.4, 0.5) is 5.82 Å². The smallest absolute Gasteiger partial charge is 0.220 e. The van der Waals surface area contributed by atoms with E-state index in [1.807, 2.05) is 36.4 Å². The van der Waals surface area contributed by atoms with Crippen molar-refractivity contribution in [3.63, 3.8) is 0 Å². The van der Waals surface area contributed by atoms with Gasteiger partial charge in [-0.2, -0.15) is 0 Å². The van der Waals surface area contributed by atoms with Crippen LogP contribution in [0.3, 0.4) is 0 Å². The predicted molar refractivity (Wildman–Crippen MR) is 91.7 cm³/mol. The second kappa shape index (κ2) is 8.40. The zero-order valence-corrected chi connectivity index (χ0v) is 13.6. The van der Waals surface area contributed by atoms with Crippen LogP contribution in [0.1, 0.15) is 17.8 Å². The molecule has 0 spiro atoms. The fraction of sp³-hybridized carbons (Fsp3) is 0.389. The van der Waals surface area contributed by atoms with Gasteiger partial charge in [-0.25, -0.2) is 9.97 Å². The van der Waals surface area contributed by atoms with Crippen molar-refractivity contribution in [2.45, 2.75) is 19.4 Å². The number of hydrogen-bond acceptors (Lipinski definition) is 5. The zero-order chi connectivity index (χ0) is 16.6. The number of benzene rings is 1. The van der Waals surface area contributed by atoms with E-state index in [1.165, 1.54) is 5.56 Å².